The van der Waals surface area contributed by atoms with Crippen LogP contribution in [0.4, 0.5) is 0 Å². The molecule has 0 bridgehead atoms. The normalized spacial score (nSPS) is 10.5. The fraction of sp³-hybridized carbons (Fsp3) is 0.500. The first kappa shape index (κ1) is 14.0. The molecule has 82 valence electrons. The van der Waals surface area contributed by atoms with E-state index in [4.69, 9.17) is 18.6 Å². The summed E-state index contributed by atoms with van der Waals surface area (Å²) >= 11 is 3.64. The average molecular weight is 260 g/mol. The summed E-state index contributed by atoms with van der Waals surface area (Å²) in [4.78, 5) is 1.39. The largest absolute Gasteiger partial charge is 0.313 e. The number of hydrogen-bond donors (Lipinski definition) is 0. The molecule has 1 heterocycles. The first-order valence-electron chi connectivity index (χ1n) is 3.37. The summed E-state index contributed by atoms with van der Waals surface area (Å²) in [5, 5.41) is 2.18. The molecule has 0 unspecified atom stereocenters. The van der Waals surface area contributed by atoms with E-state index < -0.39 is 10.2 Å². The van der Waals surface area contributed by atoms with E-state index in [9.17, 15) is 0 Å². The highest BCUT2D eigenvalue weighted by molar-refractivity contribution is 7.26. The van der Waals surface area contributed by atoms with Crippen molar-refractivity contribution in [2.45, 2.75) is 6.92 Å². The van der Waals surface area contributed by atoms with Gasteiger partial charge in [-0.05, 0) is 6.92 Å². The lowest BCUT2D eigenvalue weighted by Gasteiger charge is -2.17. The van der Waals surface area contributed by atoms with E-state index in [1.165, 1.54) is 8.86 Å². The third-order valence-corrected chi connectivity index (χ3v) is 3.64. The van der Waals surface area contributed by atoms with Crippen LogP contribution in [-0.4, -0.2) is 14.1 Å². The Kier molecular flexibility index (Phi) is 5.75. The van der Waals surface area contributed by atoms with Gasteiger partial charge in [-0.2, -0.15) is 0 Å². The van der Waals surface area contributed by atoms with Crippen LogP contribution in [0, 0.1) is 17.2 Å². The Morgan fingerprint density at radius 1 is 1.21 bits per heavy atom. The van der Waals surface area contributed by atoms with Gasteiger partial charge in [-0.1, -0.05) is 22.7 Å². The van der Waals surface area contributed by atoms with E-state index >= 15 is 0 Å². The lowest BCUT2D eigenvalue weighted by atomic mass is 10.7. The van der Waals surface area contributed by atoms with Gasteiger partial charge in [0.2, 0.25) is 0 Å². The highest BCUT2D eigenvalue weighted by atomic mass is 35.7. The average Bonchev–Trinajstić information content (AvgIpc) is 2.31. The van der Waals surface area contributed by atoms with Crippen molar-refractivity contribution in [3.8, 4) is 0 Å². The van der Waals surface area contributed by atoms with Gasteiger partial charge >= 0.3 is 3.98 Å². The lowest BCUT2D eigenvalue weighted by Crippen LogP contribution is -2.68. The van der Waals surface area contributed by atoms with E-state index in [1.807, 2.05) is 11.3 Å². The van der Waals surface area contributed by atoms with Crippen molar-refractivity contribution in [3.05, 3.63) is 14.2 Å². The van der Waals surface area contributed by atoms with Crippen LogP contribution >= 0.6 is 22.7 Å². The predicted molar refractivity (Wildman–Crippen MR) is 44.1 cm³/mol. The SMILES string of the molecule is Cc1csc(=[N+](C)C)s1.[O-][Cl+3]([O-])([O-])[O-]. The molecule has 0 fully saturated rings. The molecule has 8 heteroatoms. The molecule has 0 saturated carbocycles. The Labute approximate surface area is 91.6 Å². The van der Waals surface area contributed by atoms with Crippen LogP contribution < -0.4 is 27.2 Å². The summed E-state index contributed by atoms with van der Waals surface area (Å²) in [7, 11) is -0.802. The molecule has 0 aliphatic carbocycles. The van der Waals surface area contributed by atoms with E-state index in [0.717, 1.165) is 0 Å². The van der Waals surface area contributed by atoms with Gasteiger partial charge in [-0.25, -0.2) is 23.2 Å². The molecule has 5 nitrogen and oxygen atoms in total. The summed E-state index contributed by atoms with van der Waals surface area (Å²) in [6.45, 7) is 2.13. The maximum absolute atomic E-state index is 8.49. The fourth-order valence-corrected chi connectivity index (χ4v) is 2.52. The Morgan fingerprint density at radius 3 is 1.79 bits per heavy atom. The van der Waals surface area contributed by atoms with Gasteiger partial charge in [0.15, 0.2) is 0 Å². The minimum atomic E-state index is -4.94. The maximum Gasteiger partial charge on any atom is 0.313 e. The third-order valence-electron chi connectivity index (χ3n) is 0.939. The molecular weight excluding hydrogens is 250 g/mol. The zero-order valence-electron chi connectivity index (χ0n) is 7.85. The van der Waals surface area contributed by atoms with Gasteiger partial charge in [0, 0.05) is 10.3 Å². The second-order valence-electron chi connectivity index (χ2n) is 2.49. The van der Waals surface area contributed by atoms with Gasteiger partial charge in [0.1, 0.15) is 14.1 Å². The Morgan fingerprint density at radius 2 is 1.64 bits per heavy atom. The van der Waals surface area contributed by atoms with E-state index in [1.54, 1.807) is 11.3 Å². The second kappa shape index (κ2) is 5.76. The summed E-state index contributed by atoms with van der Waals surface area (Å²) < 4.78 is 37.5. The summed E-state index contributed by atoms with van der Waals surface area (Å²) in [5.74, 6) is 0. The first-order chi connectivity index (χ1) is 6.20. The van der Waals surface area contributed by atoms with Crippen LogP contribution in [0.2, 0.25) is 0 Å². The quantitative estimate of drug-likeness (QED) is 0.450. The number of rotatable bonds is 0. The Bertz CT molecular complexity index is 330. The maximum atomic E-state index is 8.49. The predicted octanol–water partition coefficient (Wildman–Crippen LogP) is -3.61. The zero-order valence-corrected chi connectivity index (χ0v) is 10.2. The van der Waals surface area contributed by atoms with E-state index in [2.05, 4.69) is 31.0 Å². The molecule has 0 aromatic carbocycles. The molecule has 0 atom stereocenters. The standard InChI is InChI=1S/C6H10NS2.ClHO4/c1-5-4-8-6(9-5)7(2)3;2-1(3,4)5/h4H,1-3H3;(H,2,3,4,5)/q+1;/p-1. The molecule has 0 amide bonds. The fourth-order valence-electron chi connectivity index (χ4n) is 0.516. The zero-order chi connectivity index (χ0) is 11.4. The molecule has 0 saturated heterocycles. The molecule has 0 N–H and O–H groups in total. The summed E-state index contributed by atoms with van der Waals surface area (Å²) in [6.07, 6.45) is 0. The molecule has 0 spiro atoms. The minimum absolute atomic E-state index is 1.37. The third kappa shape index (κ3) is 8.57. The van der Waals surface area contributed by atoms with Crippen LogP contribution in [0.1, 0.15) is 4.88 Å². The number of nitrogens with zero attached hydrogens (tertiary/aromatic N) is 1. The summed E-state index contributed by atoms with van der Waals surface area (Å²) in [5.41, 5.74) is 0. The molecule has 0 aliphatic rings. The topological polar surface area (TPSA) is 95.2 Å². The van der Waals surface area contributed by atoms with E-state index in [0.29, 0.717) is 0 Å². The van der Waals surface area contributed by atoms with Gasteiger partial charge < -0.3 is 0 Å². The highest BCUT2D eigenvalue weighted by Gasteiger charge is 1.94. The molecule has 14 heavy (non-hydrogen) atoms. The number of hydrogen-bond acceptors (Lipinski definition) is 6. The van der Waals surface area contributed by atoms with Crippen LogP contribution in [0.25, 0.3) is 0 Å². The van der Waals surface area contributed by atoms with Gasteiger partial charge in [0.05, 0.1) is 0 Å². The van der Waals surface area contributed by atoms with E-state index in [-0.39, 0.29) is 0 Å². The van der Waals surface area contributed by atoms with Crippen LogP contribution in [0.5, 0.6) is 0 Å². The second-order valence-corrected chi connectivity index (χ2v) is 5.59. The van der Waals surface area contributed by atoms with Crippen LogP contribution in [-0.2, 0) is 0 Å². The van der Waals surface area contributed by atoms with Crippen molar-refractivity contribution < 1.29 is 28.9 Å². The number of aryl methyl sites for hydroxylation is 1. The first-order valence-corrected chi connectivity index (χ1v) is 6.30. The Hall–Kier alpha value is -0.0200. The van der Waals surface area contributed by atoms with Crippen molar-refractivity contribution in [1.82, 2.24) is 4.58 Å². The van der Waals surface area contributed by atoms with Crippen molar-refractivity contribution in [3.63, 3.8) is 0 Å². The van der Waals surface area contributed by atoms with Crippen LogP contribution in [0.3, 0.4) is 0 Å². The van der Waals surface area contributed by atoms with Crippen molar-refractivity contribution >= 4 is 22.7 Å². The smallest absolute Gasteiger partial charge is 0.222 e. The summed E-state index contributed by atoms with van der Waals surface area (Å²) in [6, 6.07) is 0. The molecule has 0 aliphatic heterocycles. The highest BCUT2D eigenvalue weighted by Crippen LogP contribution is 2.02. The van der Waals surface area contributed by atoms with Gasteiger partial charge in [-0.15, -0.1) is 10.2 Å². The van der Waals surface area contributed by atoms with Crippen molar-refractivity contribution in [2.24, 2.45) is 0 Å². The van der Waals surface area contributed by atoms with Crippen molar-refractivity contribution in [1.29, 1.82) is 0 Å². The monoisotopic (exact) mass is 259 g/mol. The molecular formula is C6H10ClNO4S2. The minimum Gasteiger partial charge on any atom is -0.222 e. The van der Waals surface area contributed by atoms with Crippen molar-refractivity contribution in [2.75, 3.05) is 14.1 Å². The number of halogens is 1. The molecule has 1 rings (SSSR count). The molecule has 0 radical (unpaired) electrons. The van der Waals surface area contributed by atoms with Crippen LogP contribution in [0.15, 0.2) is 5.38 Å². The van der Waals surface area contributed by atoms with Gasteiger partial charge in [-0.3, -0.25) is 0 Å². The molecule has 1 aromatic heterocycles. The van der Waals surface area contributed by atoms with Gasteiger partial charge in [0.25, 0.3) is 0 Å². The lowest BCUT2D eigenvalue weighted by molar-refractivity contribution is -2.00. The molecule has 1 aromatic rings. The Balaban J connectivity index is 0.000000292.